The summed E-state index contributed by atoms with van der Waals surface area (Å²) >= 11 is 0. The summed E-state index contributed by atoms with van der Waals surface area (Å²) in [4.78, 5) is 29.9. The minimum Gasteiger partial charge on any atom is -0.480 e. The zero-order valence-corrected chi connectivity index (χ0v) is 19.2. The molecule has 1 fully saturated rings. The minimum atomic E-state index is -3.73. The number of amides is 1. The quantitative estimate of drug-likeness (QED) is 0.439. The maximum atomic E-state index is 13.3. The molecule has 1 aromatic heterocycles. The van der Waals surface area contributed by atoms with Crippen LogP contribution in [0.4, 0.5) is 8.78 Å². The summed E-state index contributed by atoms with van der Waals surface area (Å²) < 4.78 is 40.8. The number of β-lactam (4-membered cyclic amide) rings is 1. The van der Waals surface area contributed by atoms with Gasteiger partial charge < -0.3 is 19.3 Å². The second kappa shape index (κ2) is 10.3. The molecule has 11 heteroatoms. The zero-order valence-electron chi connectivity index (χ0n) is 19.2. The van der Waals surface area contributed by atoms with Crippen molar-refractivity contribution in [3.05, 3.63) is 53.9 Å². The molecule has 184 valence electrons. The number of benzene rings is 1. The van der Waals surface area contributed by atoms with Crippen LogP contribution in [0.2, 0.25) is 0 Å². The standard InChI is InChI=1S/C21H21F2N3O6.C2H6/c1-11(13-5-6-15-16(9-13)32-21(22,23)31-15)25-20(30-2)26-17(19(28)29)14(18(26)27)8-12-4-3-7-24-10-12;1-2/h3-7,9-11,14,17,20,25H,8H2,1-2H3,(H,28,29);1-2H3/t11?,14-,17?,20?;/m1./s1. The first kappa shape index (κ1) is 25.3. The Kier molecular flexibility index (Phi) is 7.68. The fourth-order valence-electron chi connectivity index (χ4n) is 3.91. The van der Waals surface area contributed by atoms with Gasteiger partial charge in [0.1, 0.15) is 6.04 Å². The number of rotatable bonds is 8. The third-order valence-electron chi connectivity index (χ3n) is 5.48. The van der Waals surface area contributed by atoms with E-state index in [9.17, 15) is 23.5 Å². The van der Waals surface area contributed by atoms with Gasteiger partial charge >= 0.3 is 12.3 Å². The molecule has 3 heterocycles. The van der Waals surface area contributed by atoms with Crippen LogP contribution < -0.4 is 14.8 Å². The summed E-state index contributed by atoms with van der Waals surface area (Å²) in [6.45, 7) is 5.72. The average molecular weight is 479 g/mol. The van der Waals surface area contributed by atoms with Gasteiger partial charge in [0.05, 0.1) is 5.92 Å². The number of ether oxygens (including phenoxy) is 3. The maximum Gasteiger partial charge on any atom is 0.586 e. The van der Waals surface area contributed by atoms with Crippen LogP contribution in [0, 0.1) is 5.92 Å². The molecule has 1 aromatic carbocycles. The lowest BCUT2D eigenvalue weighted by Crippen LogP contribution is -2.71. The number of pyridine rings is 1. The molecular formula is C23H27F2N3O6. The maximum absolute atomic E-state index is 13.3. The summed E-state index contributed by atoms with van der Waals surface area (Å²) in [6, 6.07) is 6.20. The number of hydrogen-bond acceptors (Lipinski definition) is 7. The Bertz CT molecular complexity index is 1020. The molecule has 0 spiro atoms. The van der Waals surface area contributed by atoms with E-state index in [1.54, 1.807) is 37.5 Å². The third kappa shape index (κ3) is 5.10. The average Bonchev–Trinajstić information content (AvgIpc) is 3.14. The second-order valence-corrected chi connectivity index (χ2v) is 7.55. The first-order chi connectivity index (χ1) is 16.2. The Hall–Kier alpha value is -3.31. The third-order valence-corrected chi connectivity index (χ3v) is 5.48. The van der Waals surface area contributed by atoms with Gasteiger partial charge in [-0.1, -0.05) is 26.0 Å². The lowest BCUT2D eigenvalue weighted by atomic mass is 9.82. The second-order valence-electron chi connectivity index (χ2n) is 7.55. The highest BCUT2D eigenvalue weighted by Crippen LogP contribution is 2.42. The lowest BCUT2D eigenvalue weighted by Gasteiger charge is -2.48. The van der Waals surface area contributed by atoms with Crippen molar-refractivity contribution < 1.29 is 37.7 Å². The summed E-state index contributed by atoms with van der Waals surface area (Å²) in [6.07, 6.45) is -1.35. The Morgan fingerprint density at radius 3 is 2.62 bits per heavy atom. The molecule has 2 aliphatic rings. The van der Waals surface area contributed by atoms with E-state index in [-0.39, 0.29) is 23.8 Å². The number of carboxylic acid groups (broad SMARTS) is 1. The molecule has 0 radical (unpaired) electrons. The first-order valence-electron chi connectivity index (χ1n) is 10.8. The van der Waals surface area contributed by atoms with E-state index < -0.39 is 36.6 Å². The number of halogens is 2. The normalized spacial score (nSPS) is 21.7. The molecule has 1 amide bonds. The fraction of sp³-hybridized carbons (Fsp3) is 0.435. The van der Waals surface area contributed by atoms with Gasteiger partial charge in [-0.15, -0.1) is 8.78 Å². The summed E-state index contributed by atoms with van der Waals surface area (Å²) in [5.74, 6) is -2.48. The molecule has 2 N–H and O–H groups in total. The molecule has 2 aliphatic heterocycles. The van der Waals surface area contributed by atoms with E-state index in [4.69, 9.17) is 4.74 Å². The van der Waals surface area contributed by atoms with E-state index in [1.807, 2.05) is 13.8 Å². The van der Waals surface area contributed by atoms with Gasteiger partial charge in [0.15, 0.2) is 17.9 Å². The number of alkyl halides is 2. The Morgan fingerprint density at radius 1 is 1.29 bits per heavy atom. The Balaban J connectivity index is 0.00000158. The minimum absolute atomic E-state index is 0.0867. The number of carboxylic acids is 1. The largest absolute Gasteiger partial charge is 0.586 e. The summed E-state index contributed by atoms with van der Waals surface area (Å²) in [5, 5.41) is 12.7. The Morgan fingerprint density at radius 2 is 2.00 bits per heavy atom. The highest BCUT2D eigenvalue weighted by Gasteiger charge is 2.54. The predicted octanol–water partition coefficient (Wildman–Crippen LogP) is 3.16. The van der Waals surface area contributed by atoms with Crippen LogP contribution in [0.15, 0.2) is 42.7 Å². The number of nitrogens with one attached hydrogen (secondary N) is 1. The number of nitrogens with zero attached hydrogens (tertiary/aromatic N) is 2. The summed E-state index contributed by atoms with van der Waals surface area (Å²) in [7, 11) is 1.34. The van der Waals surface area contributed by atoms with Crippen molar-refractivity contribution in [3.8, 4) is 11.5 Å². The highest BCUT2D eigenvalue weighted by molar-refractivity contribution is 5.96. The van der Waals surface area contributed by atoms with Crippen LogP contribution in [0.3, 0.4) is 0 Å². The fourth-order valence-corrected chi connectivity index (χ4v) is 3.91. The molecule has 2 aromatic rings. The molecule has 4 atom stereocenters. The lowest BCUT2D eigenvalue weighted by molar-refractivity contribution is -0.286. The van der Waals surface area contributed by atoms with Crippen LogP contribution in [-0.4, -0.2) is 52.7 Å². The van der Waals surface area contributed by atoms with Gasteiger partial charge in [0.25, 0.3) is 0 Å². The zero-order chi connectivity index (χ0) is 25.0. The Labute approximate surface area is 195 Å². The van der Waals surface area contributed by atoms with E-state index in [2.05, 4.69) is 19.8 Å². The van der Waals surface area contributed by atoms with Gasteiger partial charge in [-0.2, -0.15) is 0 Å². The molecule has 0 aliphatic carbocycles. The van der Waals surface area contributed by atoms with E-state index in [1.165, 1.54) is 19.2 Å². The molecule has 9 nitrogen and oxygen atoms in total. The molecule has 4 rings (SSSR count). The predicted molar refractivity (Wildman–Crippen MR) is 116 cm³/mol. The van der Waals surface area contributed by atoms with Crippen LogP contribution >= 0.6 is 0 Å². The molecule has 34 heavy (non-hydrogen) atoms. The van der Waals surface area contributed by atoms with Gasteiger partial charge in [0, 0.05) is 25.5 Å². The van der Waals surface area contributed by atoms with Crippen LogP contribution in [-0.2, 0) is 20.7 Å². The van der Waals surface area contributed by atoms with Gasteiger partial charge in [0.2, 0.25) is 5.91 Å². The first-order valence-corrected chi connectivity index (χ1v) is 10.8. The number of likely N-dealkylation sites (tertiary alicyclic amines) is 1. The van der Waals surface area contributed by atoms with Gasteiger partial charge in [-0.3, -0.25) is 20.0 Å². The molecular weight excluding hydrogens is 452 g/mol. The van der Waals surface area contributed by atoms with Gasteiger partial charge in [-0.05, 0) is 42.7 Å². The number of methoxy groups -OCH3 is 1. The van der Waals surface area contributed by atoms with Crippen LogP contribution in [0.25, 0.3) is 0 Å². The topological polar surface area (TPSA) is 110 Å². The number of carbonyl (C=O) groups excluding carboxylic acids is 1. The monoisotopic (exact) mass is 479 g/mol. The van der Waals surface area contributed by atoms with Crippen molar-refractivity contribution >= 4 is 11.9 Å². The number of fused-ring (bicyclic) bond motifs is 1. The van der Waals surface area contributed by atoms with Crippen molar-refractivity contribution in [1.82, 2.24) is 15.2 Å². The van der Waals surface area contributed by atoms with E-state index >= 15 is 0 Å². The van der Waals surface area contributed by atoms with Crippen molar-refractivity contribution in [1.29, 1.82) is 0 Å². The number of hydrogen-bond donors (Lipinski definition) is 2. The SMILES string of the molecule is CC.COC(NC(C)c1ccc2c(c1)OC(F)(F)O2)N1C(=O)[C@H](Cc2cccnc2)C1C(=O)O. The van der Waals surface area contributed by atoms with Crippen molar-refractivity contribution in [2.75, 3.05) is 7.11 Å². The molecule has 0 saturated carbocycles. The van der Waals surface area contributed by atoms with Crippen LogP contribution in [0.1, 0.15) is 37.9 Å². The van der Waals surface area contributed by atoms with Crippen molar-refractivity contribution in [2.45, 2.75) is 51.9 Å². The highest BCUT2D eigenvalue weighted by atomic mass is 19.3. The number of aromatic nitrogens is 1. The molecule has 3 unspecified atom stereocenters. The number of aliphatic carboxylic acids is 1. The molecule has 1 saturated heterocycles. The van der Waals surface area contributed by atoms with Crippen molar-refractivity contribution in [3.63, 3.8) is 0 Å². The van der Waals surface area contributed by atoms with E-state index in [0.29, 0.717) is 5.56 Å². The van der Waals surface area contributed by atoms with Gasteiger partial charge in [-0.25, -0.2) is 4.79 Å². The van der Waals surface area contributed by atoms with Crippen LogP contribution in [0.5, 0.6) is 11.5 Å². The molecule has 0 bridgehead atoms. The van der Waals surface area contributed by atoms with E-state index in [0.717, 1.165) is 10.5 Å². The smallest absolute Gasteiger partial charge is 0.480 e. The number of carbonyl (C=O) groups is 2. The van der Waals surface area contributed by atoms with Crippen molar-refractivity contribution in [2.24, 2.45) is 5.92 Å². The summed E-state index contributed by atoms with van der Waals surface area (Å²) in [5.41, 5.74) is 1.31.